The molecule has 2 saturated heterocycles. The van der Waals surface area contributed by atoms with Gasteiger partial charge in [-0.25, -0.2) is 0 Å². The quantitative estimate of drug-likeness (QED) is 0.149. The van der Waals surface area contributed by atoms with Crippen LogP contribution in [0.25, 0.3) is 12.2 Å². The lowest BCUT2D eigenvalue weighted by atomic mass is 9.91. The van der Waals surface area contributed by atoms with E-state index in [-0.39, 0.29) is 68.0 Å². The minimum absolute atomic E-state index is 0.0181. The van der Waals surface area contributed by atoms with Crippen LogP contribution in [0.2, 0.25) is 0 Å². The highest BCUT2D eigenvalue weighted by atomic mass is 32.2. The van der Waals surface area contributed by atoms with Crippen molar-refractivity contribution in [3.63, 3.8) is 0 Å². The molecule has 12 heteroatoms. The summed E-state index contributed by atoms with van der Waals surface area (Å²) >= 11 is 1.80. The number of aromatic amines is 1. The summed E-state index contributed by atoms with van der Waals surface area (Å²) in [6.07, 6.45) is 5.98. The number of hydrogen-bond acceptors (Lipinski definition) is 8. The second-order valence-corrected chi connectivity index (χ2v) is 13.2. The normalized spacial score (nSPS) is 27.8. The highest BCUT2D eigenvalue weighted by molar-refractivity contribution is 8.06. The second kappa shape index (κ2) is 13.1. The maximum atomic E-state index is 12.6. The number of carboxylic acids is 2. The van der Waals surface area contributed by atoms with E-state index < -0.39 is 11.9 Å². The van der Waals surface area contributed by atoms with Crippen LogP contribution >= 0.6 is 11.8 Å². The van der Waals surface area contributed by atoms with Gasteiger partial charge in [-0.15, -0.1) is 0 Å². The Morgan fingerprint density at radius 1 is 1.04 bits per heavy atom. The predicted molar refractivity (Wildman–Crippen MR) is 173 cm³/mol. The summed E-state index contributed by atoms with van der Waals surface area (Å²) < 4.78 is 0. The molecule has 0 radical (unpaired) electrons. The largest absolute Gasteiger partial charge is 0.494 e. The molecule has 1 aromatic rings. The number of carbonyl (C=O) groups is 3. The third-order valence-electron chi connectivity index (χ3n) is 9.21. The maximum absolute atomic E-state index is 12.6. The molecule has 1 aromatic heterocycles. The van der Waals surface area contributed by atoms with Crippen molar-refractivity contribution in [1.29, 1.82) is 0 Å². The van der Waals surface area contributed by atoms with Gasteiger partial charge in [0, 0.05) is 75.6 Å². The van der Waals surface area contributed by atoms with Crippen molar-refractivity contribution < 1.29 is 34.8 Å². The number of hydrogen-bond donors (Lipinski definition) is 8. The van der Waals surface area contributed by atoms with E-state index in [1.807, 2.05) is 26.0 Å². The van der Waals surface area contributed by atoms with Crippen molar-refractivity contribution in [2.24, 2.45) is 11.8 Å². The van der Waals surface area contributed by atoms with E-state index in [1.54, 1.807) is 17.8 Å². The number of aliphatic carboxylic acids is 2. The topological polar surface area (TPSA) is 184 Å². The summed E-state index contributed by atoms with van der Waals surface area (Å²) in [6, 6.07) is -0.461. The molecule has 0 spiro atoms. The number of H-pyrrole nitrogens is 1. The zero-order chi connectivity index (χ0) is 32.6. The van der Waals surface area contributed by atoms with Crippen LogP contribution in [0.1, 0.15) is 62.0 Å². The van der Waals surface area contributed by atoms with Gasteiger partial charge in [-0.2, -0.15) is 11.8 Å². The van der Waals surface area contributed by atoms with E-state index in [0.717, 1.165) is 22.6 Å². The van der Waals surface area contributed by atoms with Gasteiger partial charge >= 0.3 is 11.9 Å². The third-order valence-corrected chi connectivity index (χ3v) is 10.2. The lowest BCUT2D eigenvalue weighted by molar-refractivity contribution is -0.138. The van der Waals surface area contributed by atoms with Crippen LogP contribution in [0.15, 0.2) is 58.8 Å². The van der Waals surface area contributed by atoms with Crippen LogP contribution in [0.3, 0.4) is 0 Å². The van der Waals surface area contributed by atoms with E-state index in [9.17, 15) is 34.8 Å². The summed E-state index contributed by atoms with van der Waals surface area (Å²) in [5.74, 6) is -1.09. The van der Waals surface area contributed by atoms with Gasteiger partial charge < -0.3 is 41.4 Å². The van der Waals surface area contributed by atoms with Gasteiger partial charge in [0.05, 0.1) is 12.6 Å². The van der Waals surface area contributed by atoms with Gasteiger partial charge in [0.1, 0.15) is 0 Å². The van der Waals surface area contributed by atoms with Crippen molar-refractivity contribution in [1.82, 2.24) is 20.9 Å². The molecule has 240 valence electrons. The van der Waals surface area contributed by atoms with Gasteiger partial charge in [0.15, 0.2) is 5.88 Å². The van der Waals surface area contributed by atoms with Crippen LogP contribution in [0.4, 0.5) is 0 Å². The first-order valence-electron chi connectivity index (χ1n) is 15.0. The number of aliphatic hydroxyl groups is 2. The zero-order valence-electron chi connectivity index (χ0n) is 25.4. The van der Waals surface area contributed by atoms with Crippen LogP contribution in [-0.2, 0) is 27.4 Å². The summed E-state index contributed by atoms with van der Waals surface area (Å²) in [4.78, 5) is 39.1. The number of allylic oxidation sites excluding steroid dienone is 3. The first kappa shape index (κ1) is 32.2. The number of amides is 1. The van der Waals surface area contributed by atoms with E-state index in [1.165, 1.54) is 0 Å². The summed E-state index contributed by atoms with van der Waals surface area (Å²) in [7, 11) is 0. The van der Waals surface area contributed by atoms with Crippen molar-refractivity contribution in [3.8, 4) is 0 Å². The highest BCUT2D eigenvalue weighted by Crippen LogP contribution is 2.46. The lowest BCUT2D eigenvalue weighted by Gasteiger charge is -2.20. The standard InChI is InChI=1S/C33H40N4O7S/c1-5-18-15(2)23(36-33(18)44)10-22-16(3)19(6-8-29(39)40)24(34-22)11-25-20(7-9-30(41)42)21(13-38)26(35-25)12-27-31(28-14-45-28)17(4)32(43)37-27/h5,11-12,17,22-23,28,31,34-36,38,44H,1-2,6-10,13-14H2,3-4H3,(H,37,43)(H,39,40)(H,41,42)/b24-11-,27-12-/t17-,22?,23-,28-,31-/m1/s1. The average molecular weight is 637 g/mol. The number of carboxylic acid groups (broad SMARTS) is 2. The van der Waals surface area contributed by atoms with Crippen molar-refractivity contribution >= 4 is 41.8 Å². The SMILES string of the molecule is C=CC1=C(O)N[C@H](CC2N/C(=C\c3[nH]c(/C=C4\NC(=O)[C@H](C)[C@H]4[C@H]4CS4)c(CO)c3CCC(=O)O)C(CCC(=O)O)=C2C)C1=C. The minimum atomic E-state index is -0.974. The Balaban J connectivity index is 1.52. The van der Waals surface area contributed by atoms with Gasteiger partial charge in [0.25, 0.3) is 0 Å². The van der Waals surface area contributed by atoms with Gasteiger partial charge in [-0.05, 0) is 60.6 Å². The molecule has 5 atom stereocenters. The van der Waals surface area contributed by atoms with Gasteiger partial charge in [-0.3, -0.25) is 14.4 Å². The number of aliphatic hydroxyl groups excluding tert-OH is 2. The summed E-state index contributed by atoms with van der Waals surface area (Å²) in [5, 5.41) is 49.7. The Kier molecular flexibility index (Phi) is 9.36. The summed E-state index contributed by atoms with van der Waals surface area (Å²) in [5.41, 5.74) is 6.93. The van der Waals surface area contributed by atoms with Crippen molar-refractivity contribution in [3.05, 3.63) is 81.3 Å². The molecule has 0 aromatic carbocycles. The number of nitrogens with one attached hydrogen (secondary N) is 4. The second-order valence-electron chi connectivity index (χ2n) is 12.0. The molecule has 5 rings (SSSR count). The van der Waals surface area contributed by atoms with Gasteiger partial charge in [0.2, 0.25) is 5.91 Å². The fourth-order valence-corrected chi connectivity index (χ4v) is 7.53. The maximum Gasteiger partial charge on any atom is 0.303 e. The van der Waals surface area contributed by atoms with Crippen molar-refractivity contribution in [2.45, 2.75) is 69.9 Å². The Bertz CT molecular complexity index is 1580. The molecule has 4 aliphatic rings. The zero-order valence-corrected chi connectivity index (χ0v) is 26.2. The first-order chi connectivity index (χ1) is 21.4. The first-order valence-corrected chi connectivity index (χ1v) is 16.1. The predicted octanol–water partition coefficient (Wildman–Crippen LogP) is 3.73. The number of aromatic nitrogens is 1. The molecule has 5 heterocycles. The van der Waals surface area contributed by atoms with Gasteiger partial charge in [-0.1, -0.05) is 26.2 Å². The average Bonchev–Trinajstić information content (AvgIpc) is 3.53. The Morgan fingerprint density at radius 3 is 2.31 bits per heavy atom. The number of thioether (sulfide) groups is 1. The molecule has 0 saturated carbocycles. The summed E-state index contributed by atoms with van der Waals surface area (Å²) in [6.45, 7) is 11.4. The molecule has 1 unspecified atom stereocenters. The molecule has 8 N–H and O–H groups in total. The third kappa shape index (κ3) is 6.62. The molecular formula is C33H40N4O7S. The van der Waals surface area contributed by atoms with Crippen LogP contribution in [0.5, 0.6) is 0 Å². The van der Waals surface area contributed by atoms with E-state index in [0.29, 0.717) is 51.0 Å². The molecule has 2 fully saturated rings. The molecular weight excluding hydrogens is 596 g/mol. The van der Waals surface area contributed by atoms with E-state index in [2.05, 4.69) is 34.1 Å². The lowest BCUT2D eigenvalue weighted by Crippen LogP contribution is -2.34. The van der Waals surface area contributed by atoms with Crippen LogP contribution < -0.4 is 16.0 Å². The fraction of sp³-hybridized carbons (Fsp3) is 0.424. The molecule has 0 bridgehead atoms. The highest BCUT2D eigenvalue weighted by Gasteiger charge is 2.45. The Morgan fingerprint density at radius 2 is 1.71 bits per heavy atom. The molecule has 11 nitrogen and oxygen atoms in total. The minimum Gasteiger partial charge on any atom is -0.494 e. The monoisotopic (exact) mass is 636 g/mol. The van der Waals surface area contributed by atoms with Crippen LogP contribution in [-0.4, -0.2) is 66.3 Å². The van der Waals surface area contributed by atoms with E-state index >= 15 is 0 Å². The number of carbonyl (C=O) groups excluding carboxylic acids is 1. The molecule has 4 aliphatic heterocycles. The van der Waals surface area contributed by atoms with E-state index in [4.69, 9.17) is 0 Å². The smallest absolute Gasteiger partial charge is 0.303 e. The Labute approximate surface area is 265 Å². The number of rotatable bonds is 13. The van der Waals surface area contributed by atoms with Crippen LogP contribution in [0, 0.1) is 11.8 Å². The molecule has 0 aliphatic carbocycles. The van der Waals surface area contributed by atoms with Crippen molar-refractivity contribution in [2.75, 3.05) is 5.75 Å². The molecule has 45 heavy (non-hydrogen) atoms. The fourth-order valence-electron chi connectivity index (χ4n) is 6.62. The molecule has 1 amide bonds. The Hall–Kier alpha value is -4.16.